The maximum absolute atomic E-state index is 13.2. The van der Waals surface area contributed by atoms with Crippen LogP contribution in [0.1, 0.15) is 36.5 Å². The van der Waals surface area contributed by atoms with Crippen LogP contribution in [0.15, 0.2) is 71.2 Å². The molecule has 3 N–H and O–H groups in total. The Hall–Kier alpha value is -4.58. The van der Waals surface area contributed by atoms with E-state index in [9.17, 15) is 19.6 Å². The Bertz CT molecular complexity index is 1370. The zero-order valence-electron chi connectivity index (χ0n) is 20.4. The van der Waals surface area contributed by atoms with Crippen LogP contribution in [-0.4, -0.2) is 32.1 Å². The number of benzene rings is 2. The van der Waals surface area contributed by atoms with Gasteiger partial charge in [-0.2, -0.15) is 5.26 Å². The number of nitrogens with zero attached hydrogens (tertiary/aromatic N) is 2. The lowest BCUT2D eigenvalue weighted by Gasteiger charge is -2.37. The van der Waals surface area contributed by atoms with Crippen molar-refractivity contribution in [2.24, 2.45) is 5.73 Å². The minimum absolute atomic E-state index is 0.0302. The van der Waals surface area contributed by atoms with Gasteiger partial charge in [0.25, 0.3) is 0 Å². The molecule has 0 saturated heterocycles. The Labute approximate surface area is 208 Å². The standard InChI is InChI=1S/C27H26N4O5/c1-27(2)19-12-17(11-10-16(19)14-30-26(27)34)31-22(25(33)36-4)21(24(32)35-3)20(18(13-28)23(31)29)15-8-6-5-7-9-15/h5-12,20H,14,29H2,1-4H3,(H,30,34). The number of anilines is 1. The van der Waals surface area contributed by atoms with Crippen molar-refractivity contribution < 1.29 is 23.9 Å². The number of ether oxygens (including phenoxy) is 2. The number of allylic oxidation sites excluding steroid dienone is 1. The van der Waals surface area contributed by atoms with Gasteiger partial charge < -0.3 is 20.5 Å². The van der Waals surface area contributed by atoms with Crippen LogP contribution in [0.2, 0.25) is 0 Å². The van der Waals surface area contributed by atoms with E-state index in [1.54, 1.807) is 56.3 Å². The van der Waals surface area contributed by atoms with Gasteiger partial charge in [-0.15, -0.1) is 0 Å². The number of nitrogens with one attached hydrogen (secondary N) is 1. The van der Waals surface area contributed by atoms with E-state index < -0.39 is 23.3 Å². The number of fused-ring (bicyclic) bond motifs is 1. The van der Waals surface area contributed by atoms with E-state index in [4.69, 9.17) is 15.2 Å². The molecule has 9 nitrogen and oxygen atoms in total. The van der Waals surface area contributed by atoms with Crippen molar-refractivity contribution in [3.63, 3.8) is 0 Å². The average molecular weight is 487 g/mol. The molecule has 2 aromatic carbocycles. The van der Waals surface area contributed by atoms with Gasteiger partial charge in [0.15, 0.2) is 0 Å². The highest BCUT2D eigenvalue weighted by Crippen LogP contribution is 2.44. The smallest absolute Gasteiger partial charge is 0.355 e. The molecule has 4 rings (SSSR count). The molecular weight excluding hydrogens is 460 g/mol. The molecule has 0 aliphatic carbocycles. The van der Waals surface area contributed by atoms with Crippen LogP contribution in [0, 0.1) is 11.3 Å². The average Bonchev–Trinajstić information content (AvgIpc) is 2.89. The van der Waals surface area contributed by atoms with E-state index >= 15 is 0 Å². The van der Waals surface area contributed by atoms with Gasteiger partial charge in [-0.1, -0.05) is 36.4 Å². The molecular formula is C27H26N4O5. The number of hydrogen-bond acceptors (Lipinski definition) is 8. The zero-order valence-corrected chi connectivity index (χ0v) is 20.4. The maximum Gasteiger partial charge on any atom is 0.355 e. The fourth-order valence-electron chi connectivity index (χ4n) is 4.74. The molecule has 2 aliphatic rings. The number of rotatable bonds is 4. The van der Waals surface area contributed by atoms with Gasteiger partial charge in [0.2, 0.25) is 5.91 Å². The summed E-state index contributed by atoms with van der Waals surface area (Å²) >= 11 is 0. The fourth-order valence-corrected chi connectivity index (χ4v) is 4.74. The highest BCUT2D eigenvalue weighted by molar-refractivity contribution is 6.06. The van der Waals surface area contributed by atoms with Crippen LogP contribution in [-0.2, 0) is 35.8 Å². The molecule has 0 aromatic heterocycles. The second-order valence-electron chi connectivity index (χ2n) is 8.98. The first-order valence-corrected chi connectivity index (χ1v) is 11.2. The Morgan fingerprint density at radius 2 is 1.78 bits per heavy atom. The summed E-state index contributed by atoms with van der Waals surface area (Å²) in [6, 6.07) is 16.2. The van der Waals surface area contributed by atoms with Crippen molar-refractivity contribution in [1.29, 1.82) is 5.26 Å². The summed E-state index contributed by atoms with van der Waals surface area (Å²) in [5.41, 5.74) is 8.17. The molecule has 36 heavy (non-hydrogen) atoms. The van der Waals surface area contributed by atoms with Crippen LogP contribution in [0.5, 0.6) is 0 Å². The van der Waals surface area contributed by atoms with Crippen LogP contribution < -0.4 is 16.0 Å². The lowest BCUT2D eigenvalue weighted by Crippen LogP contribution is -2.45. The molecule has 0 bridgehead atoms. The summed E-state index contributed by atoms with van der Waals surface area (Å²) in [5, 5.41) is 13.0. The minimum Gasteiger partial charge on any atom is -0.466 e. The van der Waals surface area contributed by atoms with E-state index in [0.29, 0.717) is 17.8 Å². The molecule has 0 saturated carbocycles. The molecule has 2 heterocycles. The van der Waals surface area contributed by atoms with Gasteiger partial charge in [0.1, 0.15) is 11.5 Å². The Kier molecular flexibility index (Phi) is 6.29. The monoisotopic (exact) mass is 486 g/mol. The molecule has 2 aliphatic heterocycles. The SMILES string of the molecule is COC(=O)C1=C(C(=O)OC)N(c2ccc3c(c2)C(C)(C)C(=O)NC3)C(N)=C(C#N)C1c1ccccc1. The lowest BCUT2D eigenvalue weighted by atomic mass is 9.77. The zero-order chi connectivity index (χ0) is 26.2. The van der Waals surface area contributed by atoms with Crippen molar-refractivity contribution in [1.82, 2.24) is 5.32 Å². The van der Waals surface area contributed by atoms with E-state index in [0.717, 1.165) is 11.1 Å². The van der Waals surface area contributed by atoms with E-state index in [1.807, 2.05) is 6.07 Å². The molecule has 1 amide bonds. The van der Waals surface area contributed by atoms with Crippen molar-refractivity contribution in [2.45, 2.75) is 31.7 Å². The first-order chi connectivity index (χ1) is 17.2. The summed E-state index contributed by atoms with van der Waals surface area (Å²) in [5.74, 6) is -2.75. The third-order valence-corrected chi connectivity index (χ3v) is 6.64. The van der Waals surface area contributed by atoms with Gasteiger partial charge in [-0.25, -0.2) is 9.59 Å². The summed E-state index contributed by atoms with van der Waals surface area (Å²) < 4.78 is 10.1. The number of esters is 2. The van der Waals surface area contributed by atoms with Crippen LogP contribution in [0.4, 0.5) is 5.69 Å². The summed E-state index contributed by atoms with van der Waals surface area (Å²) in [4.78, 5) is 40.3. The Morgan fingerprint density at radius 1 is 1.11 bits per heavy atom. The van der Waals surface area contributed by atoms with Crippen molar-refractivity contribution in [2.75, 3.05) is 19.1 Å². The van der Waals surface area contributed by atoms with Crippen molar-refractivity contribution in [3.05, 3.63) is 87.9 Å². The number of nitriles is 1. The number of carbonyl (C=O) groups is 3. The summed E-state index contributed by atoms with van der Waals surface area (Å²) in [6.45, 7) is 3.95. The topological polar surface area (TPSA) is 135 Å². The second kappa shape index (κ2) is 9.23. The summed E-state index contributed by atoms with van der Waals surface area (Å²) in [6.07, 6.45) is 0. The highest BCUT2D eigenvalue weighted by atomic mass is 16.5. The molecule has 0 fully saturated rings. The van der Waals surface area contributed by atoms with Crippen molar-refractivity contribution in [3.8, 4) is 6.07 Å². The first-order valence-electron chi connectivity index (χ1n) is 11.2. The summed E-state index contributed by atoms with van der Waals surface area (Å²) in [7, 11) is 2.39. The van der Waals surface area contributed by atoms with E-state index in [-0.39, 0.29) is 28.6 Å². The third kappa shape index (κ3) is 3.77. The first kappa shape index (κ1) is 24.5. The minimum atomic E-state index is -0.950. The Balaban J connectivity index is 2.04. The number of nitrogens with two attached hydrogens (primary N) is 1. The third-order valence-electron chi connectivity index (χ3n) is 6.64. The predicted octanol–water partition coefficient (Wildman–Crippen LogP) is 2.49. The van der Waals surface area contributed by atoms with Crippen LogP contribution >= 0.6 is 0 Å². The molecule has 184 valence electrons. The van der Waals surface area contributed by atoms with Crippen LogP contribution in [0.25, 0.3) is 0 Å². The van der Waals surface area contributed by atoms with Gasteiger partial charge >= 0.3 is 11.9 Å². The molecule has 9 heteroatoms. The quantitative estimate of drug-likeness (QED) is 0.630. The van der Waals surface area contributed by atoms with E-state index in [1.165, 1.54) is 19.1 Å². The van der Waals surface area contributed by atoms with Gasteiger partial charge in [-0.05, 0) is 42.7 Å². The van der Waals surface area contributed by atoms with Gasteiger partial charge in [-0.3, -0.25) is 9.69 Å². The molecule has 1 atom stereocenters. The second-order valence-corrected chi connectivity index (χ2v) is 8.98. The van der Waals surface area contributed by atoms with Gasteiger partial charge in [0, 0.05) is 12.2 Å². The molecule has 1 unspecified atom stereocenters. The molecule has 0 spiro atoms. The number of hydrogen-bond donors (Lipinski definition) is 2. The molecule has 0 radical (unpaired) electrons. The molecule has 2 aromatic rings. The lowest BCUT2D eigenvalue weighted by molar-refractivity contribution is -0.139. The Morgan fingerprint density at radius 3 is 2.39 bits per heavy atom. The van der Waals surface area contributed by atoms with Gasteiger partial charge in [0.05, 0.1) is 42.8 Å². The highest BCUT2D eigenvalue weighted by Gasteiger charge is 2.44. The van der Waals surface area contributed by atoms with Crippen LogP contribution in [0.3, 0.4) is 0 Å². The largest absolute Gasteiger partial charge is 0.466 e. The van der Waals surface area contributed by atoms with Crippen molar-refractivity contribution >= 4 is 23.5 Å². The maximum atomic E-state index is 13.2. The normalized spacial score (nSPS) is 18.7. The number of methoxy groups -OCH3 is 2. The predicted molar refractivity (Wildman–Crippen MR) is 131 cm³/mol. The fraction of sp³-hybridized carbons (Fsp3) is 0.259. The number of carbonyl (C=O) groups excluding carboxylic acids is 3. The number of amides is 1. The van der Waals surface area contributed by atoms with E-state index in [2.05, 4.69) is 11.4 Å².